The van der Waals surface area contributed by atoms with Crippen molar-refractivity contribution >= 4 is 11.6 Å². The van der Waals surface area contributed by atoms with Crippen LogP contribution in [-0.4, -0.2) is 54.6 Å². The number of hydrogen-bond donors (Lipinski definition) is 1. The number of piperazine rings is 1. The zero-order chi connectivity index (χ0) is 13.9. The second-order valence-electron chi connectivity index (χ2n) is 6.47. The molecule has 0 radical (unpaired) electrons. The van der Waals surface area contributed by atoms with Gasteiger partial charge in [0.05, 0.1) is 0 Å². The summed E-state index contributed by atoms with van der Waals surface area (Å²) in [6, 6.07) is 2.05. The summed E-state index contributed by atoms with van der Waals surface area (Å²) >= 11 is 0. The van der Waals surface area contributed by atoms with Crippen LogP contribution in [0.3, 0.4) is 0 Å². The molecular weight excluding hydrogens is 238 g/mol. The highest BCUT2D eigenvalue weighted by Crippen LogP contribution is 2.18. The maximum absolute atomic E-state index is 4.39. The zero-order valence-electron chi connectivity index (χ0n) is 12.5. The highest BCUT2D eigenvalue weighted by atomic mass is 15.3. The summed E-state index contributed by atoms with van der Waals surface area (Å²) in [6.45, 7) is 11.8. The second kappa shape index (κ2) is 5.74. The maximum atomic E-state index is 4.39. The van der Waals surface area contributed by atoms with Gasteiger partial charge in [-0.3, -0.25) is 0 Å². The van der Waals surface area contributed by atoms with E-state index in [-0.39, 0.29) is 5.41 Å². The molecule has 0 saturated carbocycles. The third-order valence-electron chi connectivity index (χ3n) is 3.28. The first-order valence-electron chi connectivity index (χ1n) is 6.93. The average Bonchev–Trinajstić information content (AvgIpc) is 2.37. The lowest BCUT2D eigenvalue weighted by atomic mass is 9.97. The monoisotopic (exact) mass is 263 g/mol. The lowest BCUT2D eigenvalue weighted by Gasteiger charge is -2.33. The average molecular weight is 263 g/mol. The molecule has 19 heavy (non-hydrogen) atoms. The highest BCUT2D eigenvalue weighted by Gasteiger charge is 2.16. The summed E-state index contributed by atoms with van der Waals surface area (Å²) in [5, 5.41) is 3.38. The molecule has 1 aliphatic rings. The Balaban J connectivity index is 1.99. The Morgan fingerprint density at radius 3 is 2.47 bits per heavy atom. The Morgan fingerprint density at radius 2 is 1.84 bits per heavy atom. The van der Waals surface area contributed by atoms with Crippen molar-refractivity contribution in [1.82, 2.24) is 14.9 Å². The number of nitrogens with zero attached hydrogens (tertiary/aromatic N) is 4. The fourth-order valence-electron chi connectivity index (χ4n) is 2.01. The van der Waals surface area contributed by atoms with Crippen LogP contribution in [0.5, 0.6) is 0 Å². The minimum absolute atomic E-state index is 0.249. The first-order valence-corrected chi connectivity index (χ1v) is 6.93. The van der Waals surface area contributed by atoms with Crippen molar-refractivity contribution in [2.45, 2.75) is 20.8 Å². The van der Waals surface area contributed by atoms with Gasteiger partial charge in [-0.2, -0.15) is 0 Å². The van der Waals surface area contributed by atoms with Crippen molar-refractivity contribution in [2.75, 3.05) is 50.0 Å². The molecule has 5 heteroatoms. The summed E-state index contributed by atoms with van der Waals surface area (Å²) in [5.41, 5.74) is 0.249. The van der Waals surface area contributed by atoms with Crippen LogP contribution in [0.1, 0.15) is 20.8 Å². The van der Waals surface area contributed by atoms with Gasteiger partial charge >= 0.3 is 0 Å². The molecule has 0 aliphatic carbocycles. The van der Waals surface area contributed by atoms with Crippen molar-refractivity contribution in [2.24, 2.45) is 5.41 Å². The Bertz CT molecular complexity index is 405. The molecule has 0 amide bonds. The summed E-state index contributed by atoms with van der Waals surface area (Å²) in [7, 11) is 2.16. The Kier molecular flexibility index (Phi) is 4.24. The molecule has 1 saturated heterocycles. The number of nitrogens with one attached hydrogen (secondary N) is 1. The molecule has 0 bridgehead atoms. The topological polar surface area (TPSA) is 44.3 Å². The largest absolute Gasteiger partial charge is 0.369 e. The van der Waals surface area contributed by atoms with Crippen molar-refractivity contribution in [3.63, 3.8) is 0 Å². The summed E-state index contributed by atoms with van der Waals surface area (Å²) < 4.78 is 0. The van der Waals surface area contributed by atoms with Crippen LogP contribution in [0, 0.1) is 5.41 Å². The van der Waals surface area contributed by atoms with E-state index < -0.39 is 0 Å². The lowest BCUT2D eigenvalue weighted by Crippen LogP contribution is -2.44. The molecule has 1 aliphatic heterocycles. The molecule has 5 nitrogen and oxygen atoms in total. The second-order valence-corrected chi connectivity index (χ2v) is 6.47. The van der Waals surface area contributed by atoms with E-state index in [2.05, 4.69) is 59.0 Å². The van der Waals surface area contributed by atoms with Crippen LogP contribution in [0.4, 0.5) is 11.6 Å². The van der Waals surface area contributed by atoms with E-state index in [0.29, 0.717) is 0 Å². The quantitative estimate of drug-likeness (QED) is 0.899. The standard InChI is InChI=1S/C14H25N5/c1-14(2,3)10-15-12-9-13(17-11-16-12)19-7-5-18(4)6-8-19/h9,11H,5-8,10H2,1-4H3,(H,15,16,17). The zero-order valence-corrected chi connectivity index (χ0v) is 12.5. The lowest BCUT2D eigenvalue weighted by molar-refractivity contribution is 0.312. The van der Waals surface area contributed by atoms with Gasteiger partial charge in [-0.25, -0.2) is 9.97 Å². The fourth-order valence-corrected chi connectivity index (χ4v) is 2.01. The smallest absolute Gasteiger partial charge is 0.134 e. The number of anilines is 2. The number of likely N-dealkylation sites (N-methyl/N-ethyl adjacent to an activating group) is 1. The van der Waals surface area contributed by atoms with E-state index in [4.69, 9.17) is 0 Å². The van der Waals surface area contributed by atoms with E-state index in [9.17, 15) is 0 Å². The molecule has 106 valence electrons. The normalized spacial score (nSPS) is 17.6. The molecule has 0 unspecified atom stereocenters. The molecule has 2 rings (SSSR count). The number of hydrogen-bond acceptors (Lipinski definition) is 5. The molecule has 2 heterocycles. The fraction of sp³-hybridized carbons (Fsp3) is 0.714. The molecule has 0 aromatic carbocycles. The first kappa shape index (κ1) is 14.1. The van der Waals surface area contributed by atoms with Gasteiger partial charge in [0.1, 0.15) is 18.0 Å². The van der Waals surface area contributed by atoms with Crippen LogP contribution in [0.2, 0.25) is 0 Å². The molecule has 1 aromatic rings. The summed E-state index contributed by atoms with van der Waals surface area (Å²) in [5.74, 6) is 1.94. The summed E-state index contributed by atoms with van der Waals surface area (Å²) in [6.07, 6.45) is 1.65. The van der Waals surface area contributed by atoms with E-state index in [1.165, 1.54) is 0 Å². The molecular formula is C14H25N5. The van der Waals surface area contributed by atoms with Crippen LogP contribution < -0.4 is 10.2 Å². The van der Waals surface area contributed by atoms with Crippen molar-refractivity contribution in [3.8, 4) is 0 Å². The molecule has 1 fully saturated rings. The van der Waals surface area contributed by atoms with Crippen LogP contribution >= 0.6 is 0 Å². The van der Waals surface area contributed by atoms with Gasteiger partial charge in [-0.05, 0) is 12.5 Å². The van der Waals surface area contributed by atoms with E-state index in [1.54, 1.807) is 6.33 Å². The molecule has 0 spiro atoms. The van der Waals surface area contributed by atoms with Crippen molar-refractivity contribution < 1.29 is 0 Å². The Morgan fingerprint density at radius 1 is 1.16 bits per heavy atom. The molecule has 0 atom stereocenters. The van der Waals surface area contributed by atoms with Gasteiger partial charge in [0, 0.05) is 38.8 Å². The Labute approximate surface area is 116 Å². The van der Waals surface area contributed by atoms with E-state index >= 15 is 0 Å². The predicted molar refractivity (Wildman–Crippen MR) is 79.7 cm³/mol. The van der Waals surface area contributed by atoms with Crippen molar-refractivity contribution in [3.05, 3.63) is 12.4 Å². The Hall–Kier alpha value is -1.36. The molecule has 1 aromatic heterocycles. The van der Waals surface area contributed by atoms with E-state index in [0.717, 1.165) is 44.4 Å². The SMILES string of the molecule is CN1CCN(c2cc(NCC(C)(C)C)ncn2)CC1. The van der Waals surface area contributed by atoms with Gasteiger partial charge in [0.15, 0.2) is 0 Å². The van der Waals surface area contributed by atoms with Gasteiger partial charge in [-0.15, -0.1) is 0 Å². The predicted octanol–water partition coefficient (Wildman–Crippen LogP) is 1.69. The van der Waals surface area contributed by atoms with E-state index in [1.807, 2.05) is 0 Å². The van der Waals surface area contributed by atoms with Gasteiger partial charge in [0.25, 0.3) is 0 Å². The minimum atomic E-state index is 0.249. The number of rotatable bonds is 3. The molecule has 1 N–H and O–H groups in total. The number of aromatic nitrogens is 2. The first-order chi connectivity index (χ1) is 8.94. The third kappa shape index (κ3) is 4.35. The van der Waals surface area contributed by atoms with Gasteiger partial charge < -0.3 is 15.1 Å². The van der Waals surface area contributed by atoms with Crippen LogP contribution in [0.25, 0.3) is 0 Å². The minimum Gasteiger partial charge on any atom is -0.369 e. The maximum Gasteiger partial charge on any atom is 0.134 e. The highest BCUT2D eigenvalue weighted by molar-refractivity contribution is 5.48. The third-order valence-corrected chi connectivity index (χ3v) is 3.28. The van der Waals surface area contributed by atoms with Gasteiger partial charge in [0.2, 0.25) is 0 Å². The van der Waals surface area contributed by atoms with Crippen molar-refractivity contribution in [1.29, 1.82) is 0 Å². The van der Waals surface area contributed by atoms with Crippen LogP contribution in [0.15, 0.2) is 12.4 Å². The summed E-state index contributed by atoms with van der Waals surface area (Å²) in [4.78, 5) is 13.3. The van der Waals surface area contributed by atoms with Gasteiger partial charge in [-0.1, -0.05) is 20.8 Å². The van der Waals surface area contributed by atoms with Crippen LogP contribution in [-0.2, 0) is 0 Å².